The smallest absolute Gasteiger partial charge is 0.493 e. The maximum absolute atomic E-state index is 12.2. The molecule has 0 saturated heterocycles. The molecule has 2 nitrogen and oxygen atoms in total. The summed E-state index contributed by atoms with van der Waals surface area (Å²) in [6, 6.07) is 6.50. The van der Waals surface area contributed by atoms with Gasteiger partial charge in [0.15, 0.2) is 11.5 Å². The summed E-state index contributed by atoms with van der Waals surface area (Å²) in [5.41, 5.74) is -0.870. The zero-order valence-corrected chi connectivity index (χ0v) is 12.9. The molecule has 17 heavy (non-hydrogen) atoms. The molecule has 0 aliphatic rings. The van der Waals surface area contributed by atoms with Gasteiger partial charge in [0.25, 0.3) is 0 Å². The average Bonchev–Trinajstić information content (AvgIpc) is 2.24. The van der Waals surface area contributed by atoms with Crippen LogP contribution in [0.4, 0.5) is 12.9 Å². The van der Waals surface area contributed by atoms with Gasteiger partial charge in [0.05, 0.1) is 13.7 Å². The predicted molar refractivity (Wildman–Crippen MR) is 56.7 cm³/mol. The third-order valence-electron chi connectivity index (χ3n) is 1.95. The van der Waals surface area contributed by atoms with E-state index in [2.05, 4.69) is 6.58 Å². The van der Waals surface area contributed by atoms with Crippen LogP contribution >= 0.6 is 0 Å². The molecule has 0 atom stereocenters. The molecule has 0 N–H and O–H groups in total. The second kappa shape index (κ2) is 7.48. The molecule has 0 unspecified atom stereocenters. The summed E-state index contributed by atoms with van der Waals surface area (Å²) in [7, 11) is 1.42. The molecule has 0 spiro atoms. The number of para-hydroxylation sites is 2. The van der Waals surface area contributed by atoms with Gasteiger partial charge in [-0.15, -0.1) is 12.1 Å². The minimum absolute atomic E-state index is 0. The van der Waals surface area contributed by atoms with E-state index in [0.717, 1.165) is 0 Å². The number of halogens is 3. The molecule has 0 amide bonds. The molecule has 1 aromatic rings. The first-order valence-corrected chi connectivity index (χ1v) is 4.58. The van der Waals surface area contributed by atoms with E-state index in [1.165, 1.54) is 13.2 Å². The van der Waals surface area contributed by atoms with Crippen molar-refractivity contribution in [1.29, 1.82) is 0 Å². The molecule has 1 rings (SSSR count). The first-order valence-electron chi connectivity index (χ1n) is 4.58. The van der Waals surface area contributed by atoms with E-state index < -0.39 is 19.1 Å². The summed E-state index contributed by atoms with van der Waals surface area (Å²) in [4.78, 5) is 0. The molecule has 0 saturated carbocycles. The Morgan fingerprint density at radius 2 is 1.76 bits per heavy atom. The number of methoxy groups -OCH3 is 1. The van der Waals surface area contributed by atoms with Gasteiger partial charge in [-0.25, -0.2) is 0 Å². The van der Waals surface area contributed by atoms with Gasteiger partial charge in [0.1, 0.15) is 0 Å². The molecular weight excluding hydrogens is 259 g/mol. The van der Waals surface area contributed by atoms with Gasteiger partial charge >= 0.3 is 58.4 Å². The van der Waals surface area contributed by atoms with E-state index in [1.54, 1.807) is 18.2 Å². The summed E-state index contributed by atoms with van der Waals surface area (Å²) in [6.07, 6.45) is 0. The average molecular weight is 270 g/mol. The van der Waals surface area contributed by atoms with Crippen molar-refractivity contribution in [3.8, 4) is 11.5 Å². The van der Waals surface area contributed by atoms with Crippen LogP contribution < -0.4 is 60.9 Å². The van der Waals surface area contributed by atoms with Gasteiger partial charge < -0.3 is 22.4 Å². The standard InChI is InChI=1S/C10H11BF3O2.K/c1-8(11(12,13)14)7-16-10-6-4-3-5-9(10)15-2;/h3-6H,1,7H2,2H3;/q-1;+1. The Labute approximate surface area is 141 Å². The van der Waals surface area contributed by atoms with Crippen molar-refractivity contribution in [3.05, 3.63) is 36.3 Å². The second-order valence-electron chi connectivity index (χ2n) is 3.17. The normalized spacial score (nSPS) is 10.4. The third-order valence-corrected chi connectivity index (χ3v) is 1.95. The van der Waals surface area contributed by atoms with Gasteiger partial charge in [-0.2, -0.15) is 0 Å². The Bertz CT molecular complexity index is 382. The zero-order valence-electron chi connectivity index (χ0n) is 9.75. The number of benzene rings is 1. The quantitative estimate of drug-likeness (QED) is 0.702. The Kier molecular flexibility index (Phi) is 7.50. The Balaban J connectivity index is 0.00000256. The fourth-order valence-electron chi connectivity index (χ4n) is 1.00. The zero-order chi connectivity index (χ0) is 12.2. The molecule has 0 fully saturated rings. The Hall–Kier alpha value is 0.0513. The van der Waals surface area contributed by atoms with Gasteiger partial charge in [0, 0.05) is 0 Å². The maximum atomic E-state index is 12.2. The van der Waals surface area contributed by atoms with Crippen LogP contribution in [0.15, 0.2) is 36.3 Å². The largest absolute Gasteiger partial charge is 1.00 e. The summed E-state index contributed by atoms with van der Waals surface area (Å²) < 4.78 is 46.5. The molecule has 0 aliphatic heterocycles. The molecule has 88 valence electrons. The molecule has 0 aliphatic carbocycles. The first-order chi connectivity index (χ1) is 7.45. The van der Waals surface area contributed by atoms with E-state index in [1.807, 2.05) is 0 Å². The van der Waals surface area contributed by atoms with Crippen molar-refractivity contribution in [3.63, 3.8) is 0 Å². The van der Waals surface area contributed by atoms with Crippen LogP contribution in [0.1, 0.15) is 0 Å². The van der Waals surface area contributed by atoms with Crippen LogP contribution in [0, 0.1) is 0 Å². The fourth-order valence-corrected chi connectivity index (χ4v) is 1.00. The van der Waals surface area contributed by atoms with Crippen LogP contribution in [0.2, 0.25) is 0 Å². The first kappa shape index (κ1) is 17.1. The molecule has 0 bridgehead atoms. The Morgan fingerprint density at radius 3 is 2.24 bits per heavy atom. The van der Waals surface area contributed by atoms with E-state index in [0.29, 0.717) is 5.75 Å². The van der Waals surface area contributed by atoms with Crippen molar-refractivity contribution in [2.24, 2.45) is 0 Å². The molecule has 0 radical (unpaired) electrons. The SMILES string of the molecule is C=C(COc1ccccc1OC)[B-](F)(F)F.[K+]. The maximum Gasteiger partial charge on any atom is 1.00 e. The minimum atomic E-state index is -5.05. The molecular formula is C10H11BF3KO2. The number of ether oxygens (including phenoxy) is 2. The van der Waals surface area contributed by atoms with E-state index in [9.17, 15) is 12.9 Å². The Morgan fingerprint density at radius 1 is 1.24 bits per heavy atom. The van der Waals surface area contributed by atoms with Crippen LogP contribution in [0.5, 0.6) is 11.5 Å². The third kappa shape index (κ3) is 5.48. The fraction of sp³-hybridized carbons (Fsp3) is 0.200. The van der Waals surface area contributed by atoms with E-state index in [-0.39, 0.29) is 57.1 Å². The van der Waals surface area contributed by atoms with Crippen LogP contribution in [0.25, 0.3) is 0 Å². The molecule has 0 heterocycles. The van der Waals surface area contributed by atoms with Crippen LogP contribution in [-0.2, 0) is 0 Å². The molecule has 0 aromatic heterocycles. The second-order valence-corrected chi connectivity index (χ2v) is 3.17. The van der Waals surface area contributed by atoms with Crippen molar-refractivity contribution in [1.82, 2.24) is 0 Å². The number of rotatable bonds is 5. The number of hydrogen-bond acceptors (Lipinski definition) is 2. The van der Waals surface area contributed by atoms with E-state index >= 15 is 0 Å². The summed E-state index contributed by atoms with van der Waals surface area (Å²) in [6.45, 7) is -2.69. The summed E-state index contributed by atoms with van der Waals surface area (Å²) in [5.74, 6) is 0.663. The topological polar surface area (TPSA) is 18.5 Å². The predicted octanol–water partition coefficient (Wildman–Crippen LogP) is 0.0208. The van der Waals surface area contributed by atoms with Gasteiger partial charge in [-0.3, -0.25) is 0 Å². The van der Waals surface area contributed by atoms with Gasteiger partial charge in [-0.05, 0) is 12.1 Å². The van der Waals surface area contributed by atoms with Gasteiger partial charge in [0.2, 0.25) is 0 Å². The van der Waals surface area contributed by atoms with Crippen molar-refractivity contribution in [2.75, 3.05) is 13.7 Å². The van der Waals surface area contributed by atoms with Crippen LogP contribution in [-0.4, -0.2) is 20.7 Å². The summed E-state index contributed by atoms with van der Waals surface area (Å²) in [5, 5.41) is 0. The van der Waals surface area contributed by atoms with Crippen molar-refractivity contribution in [2.45, 2.75) is 0 Å². The summed E-state index contributed by atoms with van der Waals surface area (Å²) >= 11 is 0. The van der Waals surface area contributed by atoms with Crippen molar-refractivity contribution < 1.29 is 73.8 Å². The molecule has 7 heteroatoms. The van der Waals surface area contributed by atoms with Gasteiger partial charge in [-0.1, -0.05) is 12.1 Å². The van der Waals surface area contributed by atoms with E-state index in [4.69, 9.17) is 9.47 Å². The molecule has 1 aromatic carbocycles. The van der Waals surface area contributed by atoms with Crippen molar-refractivity contribution >= 4 is 6.98 Å². The van der Waals surface area contributed by atoms with Crippen LogP contribution in [0.3, 0.4) is 0 Å². The monoisotopic (exact) mass is 270 g/mol. The minimum Gasteiger partial charge on any atom is -0.493 e. The number of hydrogen-bond donors (Lipinski definition) is 0.